The highest BCUT2D eigenvalue weighted by Crippen LogP contribution is 2.61. The summed E-state index contributed by atoms with van der Waals surface area (Å²) >= 11 is 0. The molecule has 0 amide bonds. The van der Waals surface area contributed by atoms with Crippen LogP contribution in [-0.4, -0.2) is 28.7 Å². The Labute approximate surface area is 160 Å². The molecule has 0 saturated heterocycles. The number of Topliss-reactive ketones (excluding diaryl/α,β-unsaturated/α-hetero) is 2. The van der Waals surface area contributed by atoms with E-state index in [2.05, 4.69) is 13.8 Å². The van der Waals surface area contributed by atoms with Crippen LogP contribution in [0.1, 0.15) is 67.2 Å². The minimum Gasteiger partial charge on any atom is -0.507 e. The Kier molecular flexibility index (Phi) is 4.64. The number of ether oxygens (including phenoxy) is 1. The lowest BCUT2D eigenvalue weighted by atomic mass is 9.48. The molecule has 0 heterocycles. The third-order valence-electron chi connectivity index (χ3n) is 6.92. The van der Waals surface area contributed by atoms with Gasteiger partial charge in [-0.15, -0.1) is 0 Å². The van der Waals surface area contributed by atoms with Gasteiger partial charge in [-0.25, -0.2) is 0 Å². The second kappa shape index (κ2) is 6.32. The summed E-state index contributed by atoms with van der Waals surface area (Å²) < 4.78 is 5.58. The highest BCUT2D eigenvalue weighted by molar-refractivity contribution is 6.50. The summed E-state index contributed by atoms with van der Waals surface area (Å²) in [6.07, 6.45) is 2.62. The number of hydrogen-bond acceptors (Lipinski definition) is 5. The molecule has 3 rings (SSSR count). The van der Waals surface area contributed by atoms with E-state index in [9.17, 15) is 19.5 Å². The third kappa shape index (κ3) is 2.86. The monoisotopic (exact) mass is 374 g/mol. The van der Waals surface area contributed by atoms with Gasteiger partial charge in [-0.05, 0) is 36.5 Å². The highest BCUT2D eigenvalue weighted by atomic mass is 16.5. The molecule has 0 aromatic rings. The molecule has 3 atom stereocenters. The molecule has 1 N–H and O–H groups in total. The number of carbonyl (C=O) groups is 3. The number of hydrogen-bond donors (Lipinski definition) is 1. The van der Waals surface area contributed by atoms with E-state index >= 15 is 0 Å². The van der Waals surface area contributed by atoms with E-state index in [1.807, 2.05) is 6.92 Å². The van der Waals surface area contributed by atoms with Gasteiger partial charge in [-0.2, -0.15) is 0 Å². The fourth-order valence-electron chi connectivity index (χ4n) is 5.79. The van der Waals surface area contributed by atoms with Crippen LogP contribution in [0.3, 0.4) is 0 Å². The molecule has 1 unspecified atom stereocenters. The van der Waals surface area contributed by atoms with Gasteiger partial charge in [0.05, 0.1) is 0 Å². The standard InChI is InChI=1S/C22H30O5/c1-11(2)15-18(24)16-13(27-12(3)23)10-14-21(4,5)8-7-9-22(14,6)17(16)20(26)19(15)25/h11,13-14,24H,7-10H2,1-6H3/t13?,14-,22-/m0/s1. The maximum Gasteiger partial charge on any atom is 0.303 e. The van der Waals surface area contributed by atoms with Crippen LogP contribution < -0.4 is 0 Å². The molecule has 27 heavy (non-hydrogen) atoms. The lowest BCUT2D eigenvalue weighted by Gasteiger charge is -2.56. The first-order chi connectivity index (χ1) is 12.4. The van der Waals surface area contributed by atoms with Gasteiger partial charge >= 0.3 is 5.97 Å². The number of allylic oxidation sites excluding steroid dienone is 2. The zero-order valence-electron chi connectivity index (χ0n) is 17.1. The summed E-state index contributed by atoms with van der Waals surface area (Å²) in [5.74, 6) is -1.96. The molecule has 3 aliphatic rings. The molecule has 5 nitrogen and oxygen atoms in total. The zero-order chi connectivity index (χ0) is 20.3. The van der Waals surface area contributed by atoms with Gasteiger partial charge in [0.1, 0.15) is 11.9 Å². The van der Waals surface area contributed by atoms with Crippen molar-refractivity contribution < 1.29 is 24.2 Å². The van der Waals surface area contributed by atoms with Crippen molar-refractivity contribution in [1.29, 1.82) is 0 Å². The quantitative estimate of drug-likeness (QED) is 0.448. The number of aliphatic hydroxyl groups excluding tert-OH is 1. The van der Waals surface area contributed by atoms with Crippen molar-refractivity contribution in [2.75, 3.05) is 0 Å². The molecule has 5 heteroatoms. The SMILES string of the molecule is CC(=O)OC1C[C@H]2C(C)(C)CCC[C@]2(C)C2=C1C(O)=C(C(C)C)C(=O)C2=O. The maximum atomic E-state index is 13.2. The first-order valence-corrected chi connectivity index (χ1v) is 9.86. The van der Waals surface area contributed by atoms with Crippen LogP contribution in [-0.2, 0) is 19.1 Å². The molecule has 0 radical (unpaired) electrons. The molecular weight excluding hydrogens is 344 g/mol. The Bertz CT molecular complexity index is 783. The zero-order valence-corrected chi connectivity index (χ0v) is 17.1. The van der Waals surface area contributed by atoms with Crippen LogP contribution in [0.15, 0.2) is 22.5 Å². The van der Waals surface area contributed by atoms with Crippen LogP contribution in [0.5, 0.6) is 0 Å². The van der Waals surface area contributed by atoms with Crippen LogP contribution in [0.2, 0.25) is 0 Å². The maximum absolute atomic E-state index is 13.2. The summed E-state index contributed by atoms with van der Waals surface area (Å²) in [4.78, 5) is 37.8. The van der Waals surface area contributed by atoms with Crippen LogP contribution in [0.4, 0.5) is 0 Å². The largest absolute Gasteiger partial charge is 0.507 e. The Hall–Kier alpha value is -1.91. The smallest absolute Gasteiger partial charge is 0.303 e. The Morgan fingerprint density at radius 1 is 1.15 bits per heavy atom. The molecule has 0 aromatic heterocycles. The normalized spacial score (nSPS) is 33.1. The molecule has 0 aromatic carbocycles. The number of esters is 1. The van der Waals surface area contributed by atoms with Gasteiger partial charge in [-0.1, -0.05) is 41.0 Å². The van der Waals surface area contributed by atoms with E-state index in [0.717, 1.165) is 19.3 Å². The van der Waals surface area contributed by atoms with E-state index in [1.54, 1.807) is 13.8 Å². The second-order valence-electron chi connectivity index (χ2n) is 9.51. The Balaban J connectivity index is 2.30. The topological polar surface area (TPSA) is 80.7 Å². The van der Waals surface area contributed by atoms with Crippen LogP contribution in [0.25, 0.3) is 0 Å². The fraction of sp³-hybridized carbons (Fsp3) is 0.682. The van der Waals surface area contributed by atoms with E-state index in [4.69, 9.17) is 4.74 Å². The second-order valence-corrected chi connectivity index (χ2v) is 9.51. The molecule has 0 bridgehead atoms. The van der Waals surface area contributed by atoms with Crippen molar-refractivity contribution in [2.24, 2.45) is 22.7 Å². The fourth-order valence-corrected chi connectivity index (χ4v) is 5.79. The summed E-state index contributed by atoms with van der Waals surface area (Å²) in [6.45, 7) is 11.3. The van der Waals surface area contributed by atoms with Crippen LogP contribution in [0, 0.1) is 22.7 Å². The average Bonchev–Trinajstić information content (AvgIpc) is 2.52. The van der Waals surface area contributed by atoms with E-state index < -0.39 is 29.1 Å². The lowest BCUT2D eigenvalue weighted by molar-refractivity contribution is -0.149. The summed E-state index contributed by atoms with van der Waals surface area (Å²) in [5.41, 5.74) is 0.328. The number of ketones is 2. The predicted octanol–water partition coefficient (Wildman–Crippen LogP) is 4.07. The summed E-state index contributed by atoms with van der Waals surface area (Å²) in [5, 5.41) is 11.0. The Morgan fingerprint density at radius 3 is 2.33 bits per heavy atom. The first-order valence-electron chi connectivity index (χ1n) is 9.86. The third-order valence-corrected chi connectivity index (χ3v) is 6.92. The molecular formula is C22H30O5. The van der Waals surface area contributed by atoms with Gasteiger partial charge in [0, 0.05) is 29.1 Å². The van der Waals surface area contributed by atoms with Crippen molar-refractivity contribution in [2.45, 2.75) is 73.3 Å². The molecule has 3 aliphatic carbocycles. The van der Waals surface area contributed by atoms with Gasteiger partial charge < -0.3 is 9.84 Å². The summed E-state index contributed by atoms with van der Waals surface area (Å²) in [6, 6.07) is 0. The molecule has 1 saturated carbocycles. The minimum absolute atomic E-state index is 0.0507. The number of aliphatic hydroxyl groups is 1. The number of carbonyl (C=O) groups excluding carboxylic acids is 3. The molecule has 1 fully saturated rings. The van der Waals surface area contributed by atoms with Crippen molar-refractivity contribution in [3.63, 3.8) is 0 Å². The average molecular weight is 374 g/mol. The molecule has 0 aliphatic heterocycles. The van der Waals surface area contributed by atoms with Crippen molar-refractivity contribution >= 4 is 17.5 Å². The van der Waals surface area contributed by atoms with Crippen LogP contribution >= 0.6 is 0 Å². The van der Waals surface area contributed by atoms with E-state index in [1.165, 1.54) is 6.92 Å². The molecule has 0 spiro atoms. The lowest BCUT2D eigenvalue weighted by Crippen LogP contribution is -2.53. The first kappa shape index (κ1) is 19.8. The van der Waals surface area contributed by atoms with Crippen molar-refractivity contribution in [1.82, 2.24) is 0 Å². The van der Waals surface area contributed by atoms with Gasteiger partial charge in [0.15, 0.2) is 0 Å². The van der Waals surface area contributed by atoms with E-state index in [-0.39, 0.29) is 28.6 Å². The van der Waals surface area contributed by atoms with Crippen molar-refractivity contribution in [3.05, 3.63) is 22.5 Å². The van der Waals surface area contributed by atoms with Gasteiger partial charge in [0.25, 0.3) is 0 Å². The Morgan fingerprint density at radius 2 is 1.78 bits per heavy atom. The highest BCUT2D eigenvalue weighted by Gasteiger charge is 2.58. The number of rotatable bonds is 2. The molecule has 148 valence electrons. The predicted molar refractivity (Wildman–Crippen MR) is 101 cm³/mol. The number of fused-ring (bicyclic) bond motifs is 2. The minimum atomic E-state index is -0.696. The summed E-state index contributed by atoms with van der Waals surface area (Å²) in [7, 11) is 0. The van der Waals surface area contributed by atoms with Crippen molar-refractivity contribution in [3.8, 4) is 0 Å². The van der Waals surface area contributed by atoms with Gasteiger partial charge in [-0.3, -0.25) is 14.4 Å². The van der Waals surface area contributed by atoms with Gasteiger partial charge in [0.2, 0.25) is 11.6 Å². The van der Waals surface area contributed by atoms with E-state index in [0.29, 0.717) is 17.6 Å².